The highest BCUT2D eigenvalue weighted by Crippen LogP contribution is 2.17. The summed E-state index contributed by atoms with van der Waals surface area (Å²) in [4.78, 5) is 12.7. The van der Waals surface area contributed by atoms with E-state index in [4.69, 9.17) is 16.3 Å². The molecule has 4 aromatic rings. The van der Waals surface area contributed by atoms with Gasteiger partial charge in [0.05, 0.1) is 18.4 Å². The molecule has 152 valence electrons. The molecule has 0 unspecified atom stereocenters. The number of aromatic nitrogens is 4. The first kappa shape index (κ1) is 19.7. The van der Waals surface area contributed by atoms with Crippen molar-refractivity contribution in [2.24, 2.45) is 0 Å². The molecule has 30 heavy (non-hydrogen) atoms. The van der Waals surface area contributed by atoms with Gasteiger partial charge in [0.1, 0.15) is 11.4 Å². The van der Waals surface area contributed by atoms with Gasteiger partial charge in [-0.1, -0.05) is 35.9 Å². The zero-order chi connectivity index (χ0) is 20.9. The Kier molecular flexibility index (Phi) is 5.81. The number of ether oxygens (including phenoxy) is 1. The number of aryl methyl sites for hydroxylation is 1. The summed E-state index contributed by atoms with van der Waals surface area (Å²) in [6, 6.07) is 16.8. The van der Waals surface area contributed by atoms with Crippen molar-refractivity contribution >= 4 is 23.2 Å². The Morgan fingerprint density at radius 2 is 1.90 bits per heavy atom. The molecule has 7 nitrogen and oxygen atoms in total. The molecular weight excluding hydrogens is 402 g/mol. The summed E-state index contributed by atoms with van der Waals surface area (Å²) in [6.07, 6.45) is 4.98. The Morgan fingerprint density at radius 1 is 1.10 bits per heavy atom. The molecule has 1 N–H and O–H groups in total. The second-order valence-electron chi connectivity index (χ2n) is 6.75. The van der Waals surface area contributed by atoms with Crippen molar-refractivity contribution in [3.63, 3.8) is 0 Å². The van der Waals surface area contributed by atoms with Gasteiger partial charge < -0.3 is 10.1 Å². The summed E-state index contributed by atoms with van der Waals surface area (Å²) in [6.45, 7) is 2.80. The lowest BCUT2D eigenvalue weighted by molar-refractivity contribution is 0.100. The molecular formula is C22H20ClN5O2. The number of benzene rings is 2. The minimum absolute atomic E-state index is 0.101. The quantitative estimate of drug-likeness (QED) is 0.480. The maximum absolute atomic E-state index is 12.7. The highest BCUT2D eigenvalue weighted by molar-refractivity contribution is 6.30. The molecule has 0 saturated heterocycles. The van der Waals surface area contributed by atoms with E-state index in [1.807, 2.05) is 12.1 Å². The number of carbonyl (C=O) groups is 1. The molecule has 2 heterocycles. The maximum Gasteiger partial charge on any atom is 0.274 e. The summed E-state index contributed by atoms with van der Waals surface area (Å²) in [5.41, 5.74) is 3.37. The van der Waals surface area contributed by atoms with E-state index in [0.717, 1.165) is 0 Å². The summed E-state index contributed by atoms with van der Waals surface area (Å²) < 4.78 is 8.95. The fraction of sp³-hybridized carbons (Fsp3) is 0.136. The van der Waals surface area contributed by atoms with Gasteiger partial charge >= 0.3 is 0 Å². The molecule has 0 spiro atoms. The molecule has 0 aliphatic rings. The topological polar surface area (TPSA) is 74.0 Å². The predicted octanol–water partition coefficient (Wildman–Crippen LogP) is 4.38. The van der Waals surface area contributed by atoms with E-state index in [1.54, 1.807) is 53.6 Å². The van der Waals surface area contributed by atoms with Crippen LogP contribution in [0, 0.1) is 6.92 Å². The van der Waals surface area contributed by atoms with Crippen LogP contribution in [0.2, 0.25) is 5.02 Å². The second kappa shape index (κ2) is 8.84. The Labute approximate surface area is 178 Å². The number of halogens is 1. The van der Waals surface area contributed by atoms with Crippen LogP contribution in [0.4, 0.5) is 5.69 Å². The van der Waals surface area contributed by atoms with Crippen LogP contribution in [-0.4, -0.2) is 25.5 Å². The number of rotatable bonds is 7. The van der Waals surface area contributed by atoms with E-state index in [1.165, 1.54) is 15.8 Å². The van der Waals surface area contributed by atoms with Crippen LogP contribution in [0.1, 0.15) is 21.6 Å². The van der Waals surface area contributed by atoms with E-state index in [-0.39, 0.29) is 12.6 Å². The van der Waals surface area contributed by atoms with Crippen LogP contribution < -0.4 is 10.1 Å². The third kappa shape index (κ3) is 4.69. The molecule has 2 aromatic carbocycles. The second-order valence-corrected chi connectivity index (χ2v) is 7.19. The largest absolute Gasteiger partial charge is 0.471 e. The number of hydrogen-bond donors (Lipinski definition) is 1. The van der Waals surface area contributed by atoms with Crippen LogP contribution >= 0.6 is 11.6 Å². The van der Waals surface area contributed by atoms with Gasteiger partial charge in [0, 0.05) is 17.4 Å². The maximum atomic E-state index is 12.7. The van der Waals surface area contributed by atoms with Crippen molar-refractivity contribution in [2.45, 2.75) is 20.2 Å². The van der Waals surface area contributed by atoms with Gasteiger partial charge in [0.25, 0.3) is 5.91 Å². The SMILES string of the molecule is Cc1ccccc1Cn1cc(NC(=O)c2ccnn2COc2ccc(Cl)cc2)cn1. The first-order valence-electron chi connectivity index (χ1n) is 9.37. The average molecular weight is 422 g/mol. The van der Waals surface area contributed by atoms with Gasteiger partial charge in [0.2, 0.25) is 0 Å². The van der Waals surface area contributed by atoms with Crippen molar-refractivity contribution in [2.75, 3.05) is 5.32 Å². The fourth-order valence-electron chi connectivity index (χ4n) is 2.97. The summed E-state index contributed by atoms with van der Waals surface area (Å²) in [7, 11) is 0. The highest BCUT2D eigenvalue weighted by Gasteiger charge is 2.14. The molecule has 2 aromatic heterocycles. The van der Waals surface area contributed by atoms with E-state index in [0.29, 0.717) is 28.7 Å². The number of anilines is 1. The molecule has 4 rings (SSSR count). The summed E-state index contributed by atoms with van der Waals surface area (Å²) in [5.74, 6) is 0.349. The fourth-order valence-corrected chi connectivity index (χ4v) is 3.09. The van der Waals surface area contributed by atoms with Crippen molar-refractivity contribution < 1.29 is 9.53 Å². The molecule has 0 aliphatic carbocycles. The molecule has 1 amide bonds. The van der Waals surface area contributed by atoms with Crippen LogP contribution in [0.5, 0.6) is 5.75 Å². The Bertz CT molecular complexity index is 1150. The number of nitrogens with zero attached hydrogens (tertiary/aromatic N) is 4. The third-order valence-corrected chi connectivity index (χ3v) is 4.85. The lowest BCUT2D eigenvalue weighted by Gasteiger charge is -2.09. The minimum atomic E-state index is -0.289. The normalized spacial score (nSPS) is 10.7. The number of hydrogen-bond acceptors (Lipinski definition) is 4. The highest BCUT2D eigenvalue weighted by atomic mass is 35.5. The van der Waals surface area contributed by atoms with Gasteiger partial charge in [-0.2, -0.15) is 10.2 Å². The van der Waals surface area contributed by atoms with E-state index in [2.05, 4.69) is 34.6 Å². The van der Waals surface area contributed by atoms with E-state index < -0.39 is 0 Å². The van der Waals surface area contributed by atoms with E-state index in [9.17, 15) is 4.79 Å². The number of amides is 1. The van der Waals surface area contributed by atoms with Crippen molar-refractivity contribution in [1.82, 2.24) is 19.6 Å². The molecule has 0 radical (unpaired) electrons. The summed E-state index contributed by atoms with van der Waals surface area (Å²) in [5, 5.41) is 12.0. The standard InChI is InChI=1S/C22H20ClN5O2/c1-16-4-2-3-5-17(16)13-27-14-19(12-25-27)26-22(29)21-10-11-24-28(21)15-30-20-8-6-18(23)7-9-20/h2-12,14H,13,15H2,1H3,(H,26,29). The third-order valence-electron chi connectivity index (χ3n) is 4.60. The van der Waals surface area contributed by atoms with Gasteiger partial charge in [-0.25, -0.2) is 4.68 Å². The number of nitrogens with one attached hydrogen (secondary N) is 1. The van der Waals surface area contributed by atoms with E-state index >= 15 is 0 Å². The zero-order valence-electron chi connectivity index (χ0n) is 16.3. The Balaban J connectivity index is 1.39. The first-order valence-corrected chi connectivity index (χ1v) is 9.75. The molecule has 8 heteroatoms. The molecule has 0 fully saturated rings. The molecule has 0 aliphatic heterocycles. The van der Waals surface area contributed by atoms with Crippen LogP contribution in [0.25, 0.3) is 0 Å². The van der Waals surface area contributed by atoms with Crippen molar-refractivity contribution in [1.29, 1.82) is 0 Å². The first-order chi connectivity index (χ1) is 14.6. The average Bonchev–Trinajstić information content (AvgIpc) is 3.39. The van der Waals surface area contributed by atoms with Crippen molar-refractivity contribution in [3.8, 4) is 5.75 Å². The van der Waals surface area contributed by atoms with Crippen LogP contribution in [0.3, 0.4) is 0 Å². The molecule has 0 atom stereocenters. The lowest BCUT2D eigenvalue weighted by atomic mass is 10.1. The van der Waals surface area contributed by atoms with Gasteiger partial charge in [0.15, 0.2) is 6.73 Å². The number of carbonyl (C=O) groups excluding carboxylic acids is 1. The Hall–Kier alpha value is -3.58. The lowest BCUT2D eigenvalue weighted by Crippen LogP contribution is -2.19. The van der Waals surface area contributed by atoms with Crippen LogP contribution in [-0.2, 0) is 13.3 Å². The van der Waals surface area contributed by atoms with Crippen LogP contribution in [0.15, 0.2) is 73.2 Å². The molecule has 0 bridgehead atoms. The predicted molar refractivity (Wildman–Crippen MR) is 115 cm³/mol. The summed E-state index contributed by atoms with van der Waals surface area (Å²) >= 11 is 5.88. The van der Waals surface area contributed by atoms with Crippen molar-refractivity contribution in [3.05, 3.63) is 95.0 Å². The smallest absolute Gasteiger partial charge is 0.274 e. The Morgan fingerprint density at radius 3 is 2.70 bits per heavy atom. The minimum Gasteiger partial charge on any atom is -0.471 e. The molecule has 0 saturated carbocycles. The van der Waals surface area contributed by atoms with Gasteiger partial charge in [-0.05, 0) is 48.4 Å². The monoisotopic (exact) mass is 421 g/mol. The van der Waals surface area contributed by atoms with Gasteiger partial charge in [-0.15, -0.1) is 0 Å². The van der Waals surface area contributed by atoms with Gasteiger partial charge in [-0.3, -0.25) is 9.48 Å². The zero-order valence-corrected chi connectivity index (χ0v) is 17.1.